The zero-order chi connectivity index (χ0) is 17.3. The van der Waals surface area contributed by atoms with E-state index in [1.807, 2.05) is 19.1 Å². The number of nitrogens with one attached hydrogen (secondary N) is 1. The summed E-state index contributed by atoms with van der Waals surface area (Å²) in [5.74, 6) is 0.0469. The summed E-state index contributed by atoms with van der Waals surface area (Å²) >= 11 is 0. The molecule has 0 unspecified atom stereocenters. The Morgan fingerprint density at radius 1 is 1.38 bits per heavy atom. The van der Waals surface area contributed by atoms with Gasteiger partial charge in [0.05, 0.1) is 35.3 Å². The van der Waals surface area contributed by atoms with Gasteiger partial charge in [-0.3, -0.25) is 14.5 Å². The molecule has 0 saturated carbocycles. The molecule has 0 aromatic carbocycles. The fourth-order valence-corrected chi connectivity index (χ4v) is 4.68. The molecule has 1 fully saturated rings. The Hall–Kier alpha value is -2.22. The first-order chi connectivity index (χ1) is 11.4. The lowest BCUT2D eigenvalue weighted by atomic mass is 10.1. The zero-order valence-corrected chi connectivity index (χ0v) is 14.5. The van der Waals surface area contributed by atoms with Crippen molar-refractivity contribution in [3.05, 3.63) is 47.5 Å². The van der Waals surface area contributed by atoms with Gasteiger partial charge in [0.2, 0.25) is 0 Å². The third-order valence-electron chi connectivity index (χ3n) is 4.40. The van der Waals surface area contributed by atoms with Crippen LogP contribution in [0.15, 0.2) is 30.7 Å². The summed E-state index contributed by atoms with van der Waals surface area (Å²) in [5, 5.41) is 7.18. The molecule has 2 aromatic rings. The summed E-state index contributed by atoms with van der Waals surface area (Å²) in [7, 11) is -2.99. The van der Waals surface area contributed by atoms with Crippen molar-refractivity contribution in [2.24, 2.45) is 0 Å². The Bertz CT molecular complexity index is 845. The van der Waals surface area contributed by atoms with Crippen LogP contribution in [0.25, 0.3) is 0 Å². The molecule has 2 atom stereocenters. The molecule has 24 heavy (non-hydrogen) atoms. The minimum absolute atomic E-state index is 0.0873. The largest absolute Gasteiger partial charge is 0.345 e. The van der Waals surface area contributed by atoms with E-state index in [-0.39, 0.29) is 29.5 Å². The van der Waals surface area contributed by atoms with Crippen LogP contribution >= 0.6 is 0 Å². The lowest BCUT2D eigenvalue weighted by Crippen LogP contribution is -2.27. The number of hydrogen-bond acceptors (Lipinski definition) is 5. The summed E-state index contributed by atoms with van der Waals surface area (Å²) < 4.78 is 24.9. The van der Waals surface area contributed by atoms with E-state index < -0.39 is 9.84 Å². The maximum atomic E-state index is 12.5. The molecule has 1 saturated heterocycles. The Morgan fingerprint density at radius 3 is 2.71 bits per heavy atom. The molecule has 1 N–H and O–H groups in total. The van der Waals surface area contributed by atoms with Crippen LogP contribution in [0, 0.1) is 6.92 Å². The van der Waals surface area contributed by atoms with Crippen molar-refractivity contribution >= 4 is 15.7 Å². The maximum absolute atomic E-state index is 12.5. The van der Waals surface area contributed by atoms with Crippen molar-refractivity contribution in [1.29, 1.82) is 0 Å². The number of carbonyl (C=O) groups is 1. The summed E-state index contributed by atoms with van der Waals surface area (Å²) in [4.78, 5) is 16.5. The number of carbonyl (C=O) groups excluding carboxylic acids is 1. The minimum atomic E-state index is -2.99. The summed E-state index contributed by atoms with van der Waals surface area (Å²) in [5.41, 5.74) is 2.13. The molecule has 3 rings (SSSR count). The number of aromatic nitrogens is 3. The van der Waals surface area contributed by atoms with Crippen LogP contribution in [0.1, 0.15) is 47.0 Å². The summed E-state index contributed by atoms with van der Waals surface area (Å²) in [6.45, 7) is 3.69. The van der Waals surface area contributed by atoms with E-state index >= 15 is 0 Å². The smallest absolute Gasteiger partial charge is 0.255 e. The maximum Gasteiger partial charge on any atom is 0.255 e. The van der Waals surface area contributed by atoms with Gasteiger partial charge in [-0.1, -0.05) is 0 Å². The SMILES string of the molecule is Cc1c(C(=O)N[C@@H](C)c2ccncc2)cnn1[C@H]1CCS(=O)(=O)C1. The summed E-state index contributed by atoms with van der Waals surface area (Å²) in [6, 6.07) is 3.36. The molecule has 1 aliphatic rings. The van der Waals surface area contributed by atoms with Gasteiger partial charge in [-0.15, -0.1) is 0 Å². The molecule has 1 amide bonds. The van der Waals surface area contributed by atoms with Crippen molar-refractivity contribution in [1.82, 2.24) is 20.1 Å². The number of nitrogens with zero attached hydrogens (tertiary/aromatic N) is 3. The van der Waals surface area contributed by atoms with E-state index in [9.17, 15) is 13.2 Å². The minimum Gasteiger partial charge on any atom is -0.345 e. The second-order valence-electron chi connectivity index (χ2n) is 6.12. The topological polar surface area (TPSA) is 93.9 Å². The predicted molar refractivity (Wildman–Crippen MR) is 89.4 cm³/mol. The quantitative estimate of drug-likeness (QED) is 0.902. The predicted octanol–water partition coefficient (Wildman–Crippen LogP) is 1.44. The highest BCUT2D eigenvalue weighted by Crippen LogP contribution is 2.25. The molecular formula is C16H20N4O3S. The highest BCUT2D eigenvalue weighted by molar-refractivity contribution is 7.91. The van der Waals surface area contributed by atoms with Crippen LogP contribution in [0.5, 0.6) is 0 Å². The number of rotatable bonds is 4. The van der Waals surface area contributed by atoms with E-state index in [1.165, 1.54) is 6.20 Å². The zero-order valence-electron chi connectivity index (χ0n) is 13.6. The number of sulfone groups is 1. The molecule has 1 aliphatic heterocycles. The van der Waals surface area contributed by atoms with Gasteiger partial charge in [0.1, 0.15) is 0 Å². The third-order valence-corrected chi connectivity index (χ3v) is 6.15. The first-order valence-corrected chi connectivity index (χ1v) is 9.65. The average Bonchev–Trinajstić information content (AvgIpc) is 3.10. The van der Waals surface area contributed by atoms with Crippen molar-refractivity contribution in [3.8, 4) is 0 Å². The Morgan fingerprint density at radius 2 is 2.08 bits per heavy atom. The van der Waals surface area contributed by atoms with E-state index in [0.29, 0.717) is 17.7 Å². The molecule has 0 bridgehead atoms. The molecule has 3 heterocycles. The van der Waals surface area contributed by atoms with Crippen LogP contribution in [0.4, 0.5) is 0 Å². The van der Waals surface area contributed by atoms with Gasteiger partial charge in [-0.05, 0) is 38.0 Å². The molecule has 8 heteroatoms. The summed E-state index contributed by atoms with van der Waals surface area (Å²) in [6.07, 6.45) is 5.41. The lowest BCUT2D eigenvalue weighted by Gasteiger charge is -2.15. The fourth-order valence-electron chi connectivity index (χ4n) is 2.99. The molecule has 0 spiro atoms. The second kappa shape index (κ2) is 6.35. The highest BCUT2D eigenvalue weighted by atomic mass is 32.2. The van der Waals surface area contributed by atoms with Crippen molar-refractivity contribution in [3.63, 3.8) is 0 Å². The van der Waals surface area contributed by atoms with E-state index in [2.05, 4.69) is 15.4 Å². The van der Waals surface area contributed by atoms with Gasteiger partial charge in [0, 0.05) is 18.1 Å². The number of amides is 1. The second-order valence-corrected chi connectivity index (χ2v) is 8.35. The third kappa shape index (κ3) is 3.33. The Labute approximate surface area is 141 Å². The first kappa shape index (κ1) is 16.6. The van der Waals surface area contributed by atoms with Gasteiger partial charge in [0.25, 0.3) is 5.91 Å². The van der Waals surface area contributed by atoms with Crippen LogP contribution in [-0.2, 0) is 9.84 Å². The molecule has 2 aromatic heterocycles. The van der Waals surface area contributed by atoms with Crippen LogP contribution < -0.4 is 5.32 Å². The highest BCUT2D eigenvalue weighted by Gasteiger charge is 2.31. The van der Waals surface area contributed by atoms with Gasteiger partial charge in [-0.2, -0.15) is 5.10 Å². The number of hydrogen-bond donors (Lipinski definition) is 1. The number of pyridine rings is 1. The molecule has 128 valence electrons. The molecule has 0 aliphatic carbocycles. The van der Waals surface area contributed by atoms with Crippen molar-refractivity contribution in [2.75, 3.05) is 11.5 Å². The van der Waals surface area contributed by atoms with Crippen LogP contribution in [-0.4, -0.2) is 40.6 Å². The average molecular weight is 348 g/mol. The van der Waals surface area contributed by atoms with Crippen molar-refractivity contribution < 1.29 is 13.2 Å². The molecular weight excluding hydrogens is 328 g/mol. The van der Waals surface area contributed by atoms with Gasteiger partial charge < -0.3 is 5.32 Å². The first-order valence-electron chi connectivity index (χ1n) is 7.83. The van der Waals surface area contributed by atoms with Crippen LogP contribution in [0.2, 0.25) is 0 Å². The van der Waals surface area contributed by atoms with E-state index in [4.69, 9.17) is 0 Å². The standard InChI is InChI=1S/C16H20N4O3S/c1-11(13-3-6-17-7-4-13)19-16(21)15-9-18-20(12(15)2)14-5-8-24(22,23)10-14/h3-4,6-7,9,11,14H,5,8,10H2,1-2H3,(H,19,21)/t11-,14-/m0/s1. The van der Waals surface area contributed by atoms with E-state index in [0.717, 1.165) is 5.56 Å². The van der Waals surface area contributed by atoms with Gasteiger partial charge >= 0.3 is 0 Å². The Balaban J connectivity index is 1.75. The lowest BCUT2D eigenvalue weighted by molar-refractivity contribution is 0.0939. The molecule has 7 nitrogen and oxygen atoms in total. The fraction of sp³-hybridized carbons (Fsp3) is 0.438. The van der Waals surface area contributed by atoms with Gasteiger partial charge in [0.15, 0.2) is 9.84 Å². The Kier molecular flexibility index (Phi) is 4.40. The van der Waals surface area contributed by atoms with E-state index in [1.54, 1.807) is 24.0 Å². The van der Waals surface area contributed by atoms with Crippen molar-refractivity contribution in [2.45, 2.75) is 32.4 Å². The van der Waals surface area contributed by atoms with Gasteiger partial charge in [-0.25, -0.2) is 8.42 Å². The molecule has 0 radical (unpaired) electrons. The van der Waals surface area contributed by atoms with Crippen LogP contribution in [0.3, 0.4) is 0 Å². The normalized spacial score (nSPS) is 20.7. The monoisotopic (exact) mass is 348 g/mol.